The average molecular weight is 540 g/mol. The topological polar surface area (TPSA) is 56.1 Å². The van der Waals surface area contributed by atoms with Crippen LogP contribution in [0, 0.1) is 0 Å². The number of thiazole rings is 1. The molecule has 1 amide bonds. The predicted molar refractivity (Wildman–Crippen MR) is 137 cm³/mol. The van der Waals surface area contributed by atoms with Gasteiger partial charge in [0, 0.05) is 23.7 Å². The van der Waals surface area contributed by atoms with Gasteiger partial charge in [0.15, 0.2) is 4.80 Å². The van der Waals surface area contributed by atoms with E-state index in [2.05, 4.69) is 37.7 Å². The van der Waals surface area contributed by atoms with Crippen molar-refractivity contribution in [1.29, 1.82) is 0 Å². The first kappa shape index (κ1) is 27.9. The number of amides is 1. The van der Waals surface area contributed by atoms with Crippen molar-refractivity contribution in [3.63, 3.8) is 0 Å². The molecule has 1 aromatic heterocycles. The summed E-state index contributed by atoms with van der Waals surface area (Å²) in [5.41, 5.74) is -1.25. The second-order valence-electron chi connectivity index (χ2n) is 11.0. The van der Waals surface area contributed by atoms with E-state index in [9.17, 15) is 18.0 Å². The lowest BCUT2D eigenvalue weighted by Gasteiger charge is -2.20. The Labute approximate surface area is 220 Å². The Morgan fingerprint density at radius 2 is 2.00 bits per heavy atom. The quantitative estimate of drug-likeness (QED) is 0.456. The molecule has 10 heteroatoms. The highest BCUT2D eigenvalue weighted by atomic mass is 32.1. The minimum absolute atomic E-state index is 0.0256. The van der Waals surface area contributed by atoms with Crippen LogP contribution >= 0.6 is 11.3 Å². The molecule has 0 radical (unpaired) electrons. The number of likely N-dealkylation sites (tertiary alicyclic amines) is 1. The van der Waals surface area contributed by atoms with Crippen LogP contribution in [0.25, 0.3) is 0 Å². The van der Waals surface area contributed by atoms with Crippen LogP contribution in [0.1, 0.15) is 73.7 Å². The van der Waals surface area contributed by atoms with Gasteiger partial charge in [0.2, 0.25) is 0 Å². The summed E-state index contributed by atoms with van der Waals surface area (Å²) < 4.78 is 54.1. The highest BCUT2D eigenvalue weighted by Gasteiger charge is 2.32. The standard InChI is InChI=1S/C27H36F3N3O3S/c1-26(2,3)23-17-33(16-20-8-6-13-35-20)25(37-23)31-24(34)21-15-18(27(28,29)30)9-10-22(21)36-14-11-19-7-5-12-32(19)4/h9-10,15,17,19-20H,5-8,11-14,16H2,1-4H3/b31-25-/t19?,20-/m1/s1. The van der Waals surface area contributed by atoms with Crippen molar-refractivity contribution in [1.82, 2.24) is 9.47 Å². The molecule has 0 bridgehead atoms. The lowest BCUT2D eigenvalue weighted by Crippen LogP contribution is -2.26. The Kier molecular flexibility index (Phi) is 8.50. The SMILES string of the molecule is CN1CCCC1CCOc1ccc(C(F)(F)F)cc1C(=O)/N=c1\sc(C(C)(C)C)cn1C[C@H]1CCCO1. The lowest BCUT2D eigenvalue weighted by atomic mass is 9.95. The van der Waals surface area contributed by atoms with Crippen molar-refractivity contribution in [2.24, 2.45) is 4.99 Å². The van der Waals surface area contributed by atoms with Crippen LogP contribution in [-0.2, 0) is 22.9 Å². The Hall–Kier alpha value is -2.17. The number of nitrogens with zero attached hydrogens (tertiary/aromatic N) is 3. The van der Waals surface area contributed by atoms with Gasteiger partial charge in [-0.05, 0) is 69.3 Å². The van der Waals surface area contributed by atoms with Gasteiger partial charge >= 0.3 is 6.18 Å². The number of hydrogen-bond donors (Lipinski definition) is 0. The van der Waals surface area contributed by atoms with Crippen LogP contribution in [-0.4, -0.2) is 54.3 Å². The third kappa shape index (κ3) is 7.03. The normalized spacial score (nSPS) is 21.6. The largest absolute Gasteiger partial charge is 0.493 e. The molecule has 6 nitrogen and oxygen atoms in total. The summed E-state index contributed by atoms with van der Waals surface area (Å²) in [4.78, 5) is 21.4. The van der Waals surface area contributed by atoms with E-state index in [4.69, 9.17) is 9.47 Å². The van der Waals surface area contributed by atoms with Crippen molar-refractivity contribution in [3.05, 3.63) is 45.2 Å². The summed E-state index contributed by atoms with van der Waals surface area (Å²) in [6.45, 7) is 8.79. The molecule has 0 saturated carbocycles. The third-order valence-electron chi connectivity index (χ3n) is 7.00. The Morgan fingerprint density at radius 3 is 2.62 bits per heavy atom. The van der Waals surface area contributed by atoms with Crippen molar-refractivity contribution in [2.75, 3.05) is 26.8 Å². The van der Waals surface area contributed by atoms with Crippen molar-refractivity contribution in [2.45, 2.75) is 83.2 Å². The number of halogens is 3. The zero-order valence-corrected chi connectivity index (χ0v) is 22.8. The number of carbonyl (C=O) groups is 1. The summed E-state index contributed by atoms with van der Waals surface area (Å²) in [7, 11) is 2.06. The first-order chi connectivity index (χ1) is 17.4. The summed E-state index contributed by atoms with van der Waals surface area (Å²) in [5.74, 6) is -0.622. The first-order valence-electron chi connectivity index (χ1n) is 12.9. The summed E-state index contributed by atoms with van der Waals surface area (Å²) in [6, 6.07) is 3.41. The molecule has 2 fully saturated rings. The fourth-order valence-electron chi connectivity index (χ4n) is 4.75. The molecule has 1 aromatic carbocycles. The van der Waals surface area contributed by atoms with Gasteiger partial charge in [0.25, 0.3) is 5.91 Å². The number of carbonyl (C=O) groups excluding carboxylic acids is 1. The monoisotopic (exact) mass is 539 g/mol. The van der Waals surface area contributed by atoms with Crippen LogP contribution in [0.4, 0.5) is 13.2 Å². The van der Waals surface area contributed by atoms with E-state index in [1.54, 1.807) is 0 Å². The second-order valence-corrected chi connectivity index (χ2v) is 12.0. The Morgan fingerprint density at radius 1 is 1.22 bits per heavy atom. The van der Waals surface area contributed by atoms with E-state index in [1.807, 2.05) is 10.8 Å². The number of hydrogen-bond acceptors (Lipinski definition) is 5. The summed E-state index contributed by atoms with van der Waals surface area (Å²) in [5, 5.41) is 0. The maximum atomic E-state index is 13.5. The molecule has 1 unspecified atom stereocenters. The molecule has 2 aliphatic rings. The van der Waals surface area contributed by atoms with Crippen molar-refractivity contribution >= 4 is 17.2 Å². The van der Waals surface area contributed by atoms with Gasteiger partial charge in [-0.25, -0.2) is 0 Å². The molecule has 2 aromatic rings. The molecule has 3 heterocycles. The maximum Gasteiger partial charge on any atom is 0.416 e. The number of ether oxygens (including phenoxy) is 2. The highest BCUT2D eigenvalue weighted by Crippen LogP contribution is 2.33. The van der Waals surface area contributed by atoms with Gasteiger partial charge in [-0.1, -0.05) is 20.8 Å². The predicted octanol–water partition coefficient (Wildman–Crippen LogP) is 5.65. The first-order valence-corrected chi connectivity index (χ1v) is 13.7. The van der Waals surface area contributed by atoms with Crippen LogP contribution in [0.5, 0.6) is 5.75 Å². The molecular weight excluding hydrogens is 503 g/mol. The van der Waals surface area contributed by atoms with Gasteiger partial charge in [0.1, 0.15) is 5.75 Å². The summed E-state index contributed by atoms with van der Waals surface area (Å²) >= 11 is 1.37. The van der Waals surface area contributed by atoms with E-state index in [-0.39, 0.29) is 22.8 Å². The van der Waals surface area contributed by atoms with Crippen molar-refractivity contribution in [3.8, 4) is 5.75 Å². The number of alkyl halides is 3. The molecule has 2 aliphatic heterocycles. The van der Waals surface area contributed by atoms with Gasteiger partial charge in [-0.3, -0.25) is 4.79 Å². The Bertz CT molecular complexity index is 1160. The average Bonchev–Trinajstić information content (AvgIpc) is 3.56. The lowest BCUT2D eigenvalue weighted by molar-refractivity contribution is -0.137. The fourth-order valence-corrected chi connectivity index (χ4v) is 5.80. The van der Waals surface area contributed by atoms with Gasteiger partial charge in [-0.2, -0.15) is 18.2 Å². The van der Waals surface area contributed by atoms with Gasteiger partial charge < -0.3 is 18.9 Å². The molecule has 2 saturated heterocycles. The zero-order valence-electron chi connectivity index (χ0n) is 21.9. The number of benzene rings is 1. The van der Waals surface area contributed by atoms with E-state index in [1.165, 1.54) is 17.4 Å². The van der Waals surface area contributed by atoms with E-state index < -0.39 is 17.6 Å². The van der Waals surface area contributed by atoms with E-state index in [0.29, 0.717) is 30.6 Å². The highest BCUT2D eigenvalue weighted by molar-refractivity contribution is 7.09. The van der Waals surface area contributed by atoms with E-state index in [0.717, 1.165) is 55.7 Å². The third-order valence-corrected chi connectivity index (χ3v) is 8.44. The summed E-state index contributed by atoms with van der Waals surface area (Å²) in [6.07, 6.45) is 2.24. The molecule has 204 valence electrons. The molecule has 0 aliphatic carbocycles. The molecule has 0 spiro atoms. The number of aromatic nitrogens is 1. The smallest absolute Gasteiger partial charge is 0.416 e. The van der Waals surface area contributed by atoms with Crippen molar-refractivity contribution < 1.29 is 27.4 Å². The molecule has 4 rings (SSSR count). The molecule has 37 heavy (non-hydrogen) atoms. The van der Waals surface area contributed by atoms with Crippen LogP contribution in [0.3, 0.4) is 0 Å². The molecule has 2 atom stereocenters. The van der Waals surface area contributed by atoms with E-state index >= 15 is 0 Å². The second kappa shape index (κ2) is 11.3. The minimum atomic E-state index is -4.58. The van der Waals surface area contributed by atoms with Gasteiger partial charge in [-0.15, -0.1) is 11.3 Å². The molecule has 0 N–H and O–H groups in total. The van der Waals surface area contributed by atoms with Crippen LogP contribution in [0.15, 0.2) is 29.4 Å². The minimum Gasteiger partial charge on any atom is -0.493 e. The van der Waals surface area contributed by atoms with Crippen LogP contribution < -0.4 is 9.54 Å². The van der Waals surface area contributed by atoms with Crippen LogP contribution in [0.2, 0.25) is 0 Å². The Balaban J connectivity index is 1.65. The zero-order chi connectivity index (χ0) is 26.8. The maximum absolute atomic E-state index is 13.5. The molecular formula is C27H36F3N3O3S. The fraction of sp³-hybridized carbons (Fsp3) is 0.630. The number of rotatable bonds is 7. The van der Waals surface area contributed by atoms with Gasteiger partial charge in [0.05, 0.1) is 30.4 Å².